The molecule has 0 amide bonds. The van der Waals surface area contributed by atoms with Crippen LogP contribution in [0.25, 0.3) is 11.0 Å². The van der Waals surface area contributed by atoms with Crippen molar-refractivity contribution in [2.75, 3.05) is 18.5 Å². The molecule has 2 aromatic heterocycles. The van der Waals surface area contributed by atoms with Crippen molar-refractivity contribution in [1.29, 1.82) is 0 Å². The highest BCUT2D eigenvalue weighted by atomic mass is 16.1. The highest BCUT2D eigenvalue weighted by Gasteiger charge is 2.14. The number of nitrogens with zero attached hydrogens (tertiary/aromatic N) is 4. The van der Waals surface area contributed by atoms with Gasteiger partial charge in [0.2, 0.25) is 0 Å². The first-order valence-corrected chi connectivity index (χ1v) is 8.78. The van der Waals surface area contributed by atoms with Crippen molar-refractivity contribution in [3.8, 4) is 0 Å². The number of aryl methyl sites for hydroxylation is 2. The Morgan fingerprint density at radius 1 is 1.20 bits per heavy atom. The number of nitrogens with one attached hydrogen (secondary N) is 1. The summed E-state index contributed by atoms with van der Waals surface area (Å²) in [4.78, 5) is 22.2. The molecule has 6 heteroatoms. The minimum atomic E-state index is -0.125. The van der Waals surface area contributed by atoms with Gasteiger partial charge in [-0.15, -0.1) is 0 Å². The Morgan fingerprint density at radius 3 is 2.56 bits per heavy atom. The fourth-order valence-electron chi connectivity index (χ4n) is 3.03. The molecule has 0 aliphatic heterocycles. The van der Waals surface area contributed by atoms with Crippen LogP contribution in [0.3, 0.4) is 0 Å². The Hall–Kier alpha value is -2.63. The molecule has 25 heavy (non-hydrogen) atoms. The Labute approximate surface area is 147 Å². The molecule has 0 aliphatic carbocycles. The summed E-state index contributed by atoms with van der Waals surface area (Å²) in [6.07, 6.45) is 2.40. The summed E-state index contributed by atoms with van der Waals surface area (Å²) in [6, 6.07) is 8.37. The highest BCUT2D eigenvalue weighted by molar-refractivity contribution is 5.76. The van der Waals surface area contributed by atoms with Crippen LogP contribution in [0.2, 0.25) is 0 Å². The lowest BCUT2D eigenvalue weighted by molar-refractivity contribution is 0.750. The van der Waals surface area contributed by atoms with E-state index in [-0.39, 0.29) is 5.56 Å². The van der Waals surface area contributed by atoms with Crippen LogP contribution in [0.15, 0.2) is 29.1 Å². The van der Waals surface area contributed by atoms with Crippen LogP contribution < -0.4 is 10.5 Å². The number of hydrogen-bond donors (Lipinski definition) is 1. The molecule has 0 bridgehead atoms. The van der Waals surface area contributed by atoms with Gasteiger partial charge in [-0.25, -0.2) is 4.98 Å². The number of anilines is 1. The monoisotopic (exact) mass is 339 g/mol. The van der Waals surface area contributed by atoms with Crippen molar-refractivity contribution in [2.45, 2.75) is 33.1 Å². The van der Waals surface area contributed by atoms with E-state index in [1.165, 1.54) is 5.69 Å². The third-order valence-electron chi connectivity index (χ3n) is 4.52. The predicted molar refractivity (Wildman–Crippen MR) is 101 cm³/mol. The molecule has 0 radical (unpaired) electrons. The van der Waals surface area contributed by atoms with Crippen molar-refractivity contribution in [3.63, 3.8) is 0 Å². The first-order valence-electron chi connectivity index (χ1n) is 8.78. The number of fused-ring (bicyclic) bond motifs is 1. The van der Waals surface area contributed by atoms with E-state index in [4.69, 9.17) is 4.98 Å². The van der Waals surface area contributed by atoms with Crippen LogP contribution in [-0.2, 0) is 19.9 Å². The molecule has 0 saturated carbocycles. The minimum absolute atomic E-state index is 0.125. The minimum Gasteiger partial charge on any atom is -0.375 e. The van der Waals surface area contributed by atoms with Gasteiger partial charge in [-0.2, -0.15) is 5.10 Å². The van der Waals surface area contributed by atoms with Crippen LogP contribution in [0.1, 0.15) is 37.4 Å². The first-order chi connectivity index (χ1) is 12.0. The Morgan fingerprint density at radius 2 is 1.92 bits per heavy atom. The van der Waals surface area contributed by atoms with Gasteiger partial charge < -0.3 is 9.88 Å². The lowest BCUT2D eigenvalue weighted by Gasteiger charge is -2.16. The van der Waals surface area contributed by atoms with Crippen LogP contribution >= 0.6 is 0 Å². The summed E-state index contributed by atoms with van der Waals surface area (Å²) >= 11 is 0. The molecular formula is C19H25N5O. The van der Waals surface area contributed by atoms with Crippen molar-refractivity contribution < 1.29 is 0 Å². The lowest BCUT2D eigenvalue weighted by atomic mass is 10.1. The number of aromatic amines is 1. The summed E-state index contributed by atoms with van der Waals surface area (Å²) in [5, 5.41) is 4.46. The summed E-state index contributed by atoms with van der Waals surface area (Å²) in [6.45, 7) is 5.19. The third-order valence-corrected chi connectivity index (χ3v) is 4.52. The zero-order chi connectivity index (χ0) is 18.0. The third kappa shape index (κ3) is 3.43. The molecule has 3 rings (SSSR count). The molecule has 1 aromatic carbocycles. The molecular weight excluding hydrogens is 314 g/mol. The molecule has 0 spiro atoms. The molecule has 0 unspecified atom stereocenters. The molecule has 2 heterocycles. The van der Waals surface area contributed by atoms with Crippen LogP contribution in [0, 0.1) is 0 Å². The fourth-order valence-corrected chi connectivity index (χ4v) is 3.03. The van der Waals surface area contributed by atoms with Gasteiger partial charge in [-0.05, 0) is 31.0 Å². The van der Waals surface area contributed by atoms with E-state index in [0.717, 1.165) is 36.2 Å². The summed E-state index contributed by atoms with van der Waals surface area (Å²) < 4.78 is 1.63. The first kappa shape index (κ1) is 17.2. The molecule has 0 aliphatic rings. The number of hydrogen-bond acceptors (Lipinski definition) is 4. The number of benzene rings is 1. The molecule has 132 valence electrons. The van der Waals surface area contributed by atoms with E-state index in [9.17, 15) is 4.79 Å². The smallest absolute Gasteiger partial charge is 0.277 e. The van der Waals surface area contributed by atoms with Crippen molar-refractivity contribution in [1.82, 2.24) is 19.7 Å². The second-order valence-corrected chi connectivity index (χ2v) is 6.39. The second kappa shape index (κ2) is 7.09. The lowest BCUT2D eigenvalue weighted by Crippen LogP contribution is -2.16. The number of aromatic nitrogens is 4. The molecule has 6 nitrogen and oxygen atoms in total. The zero-order valence-corrected chi connectivity index (χ0v) is 15.3. The Bertz CT molecular complexity index is 923. The summed E-state index contributed by atoms with van der Waals surface area (Å²) in [5.74, 6) is 0.680. The van der Waals surface area contributed by atoms with E-state index < -0.39 is 0 Å². The standard InChI is InChI=1S/C19H25N5O/c1-5-7-15-17-18(24(4)22-15)19(25)21-16(20-17)12-13-8-10-14(11-9-13)23(3)6-2/h8-11H,5-7,12H2,1-4H3,(H,20,21,25). The van der Waals surface area contributed by atoms with Crippen LogP contribution in [-0.4, -0.2) is 33.3 Å². The molecule has 3 aromatic rings. The Balaban J connectivity index is 1.94. The maximum atomic E-state index is 12.4. The average molecular weight is 339 g/mol. The van der Waals surface area contributed by atoms with Gasteiger partial charge in [0.25, 0.3) is 5.56 Å². The van der Waals surface area contributed by atoms with E-state index in [2.05, 4.69) is 60.1 Å². The van der Waals surface area contributed by atoms with Gasteiger partial charge in [-0.3, -0.25) is 9.48 Å². The van der Waals surface area contributed by atoms with Crippen LogP contribution in [0.4, 0.5) is 5.69 Å². The maximum absolute atomic E-state index is 12.4. The van der Waals surface area contributed by atoms with Gasteiger partial charge in [0, 0.05) is 32.7 Å². The summed E-state index contributed by atoms with van der Waals surface area (Å²) in [5.41, 5.74) is 4.35. The molecule has 0 atom stereocenters. The topological polar surface area (TPSA) is 66.8 Å². The average Bonchev–Trinajstić information content (AvgIpc) is 2.91. The van der Waals surface area contributed by atoms with Gasteiger partial charge in [0.05, 0.1) is 5.69 Å². The Kier molecular flexibility index (Phi) is 4.88. The number of rotatable bonds is 6. The van der Waals surface area contributed by atoms with Crippen molar-refractivity contribution in [2.24, 2.45) is 7.05 Å². The summed E-state index contributed by atoms with van der Waals surface area (Å²) in [7, 11) is 3.86. The largest absolute Gasteiger partial charge is 0.375 e. The van der Waals surface area contributed by atoms with E-state index in [1.807, 2.05) is 0 Å². The van der Waals surface area contributed by atoms with E-state index >= 15 is 0 Å². The van der Waals surface area contributed by atoms with Crippen molar-refractivity contribution in [3.05, 3.63) is 51.7 Å². The van der Waals surface area contributed by atoms with Crippen LogP contribution in [0.5, 0.6) is 0 Å². The van der Waals surface area contributed by atoms with Crippen molar-refractivity contribution >= 4 is 16.7 Å². The predicted octanol–water partition coefficient (Wildman–Crippen LogP) is 2.66. The molecule has 1 N–H and O–H groups in total. The van der Waals surface area contributed by atoms with Gasteiger partial charge >= 0.3 is 0 Å². The van der Waals surface area contributed by atoms with E-state index in [1.54, 1.807) is 11.7 Å². The highest BCUT2D eigenvalue weighted by Crippen LogP contribution is 2.17. The fraction of sp³-hybridized carbons (Fsp3) is 0.421. The molecule has 0 fully saturated rings. The van der Waals surface area contributed by atoms with Gasteiger partial charge in [-0.1, -0.05) is 25.5 Å². The van der Waals surface area contributed by atoms with Gasteiger partial charge in [0.1, 0.15) is 11.3 Å². The number of H-pyrrole nitrogens is 1. The molecule has 0 saturated heterocycles. The normalized spacial score (nSPS) is 11.2. The second-order valence-electron chi connectivity index (χ2n) is 6.39. The van der Waals surface area contributed by atoms with Gasteiger partial charge in [0.15, 0.2) is 5.52 Å². The van der Waals surface area contributed by atoms with E-state index in [0.29, 0.717) is 17.8 Å². The zero-order valence-electron chi connectivity index (χ0n) is 15.3. The quantitative estimate of drug-likeness (QED) is 0.750. The maximum Gasteiger partial charge on any atom is 0.277 e. The SMILES string of the molecule is CCCc1nn(C)c2c(=O)[nH]c(Cc3ccc(N(C)CC)cc3)nc12.